The van der Waals surface area contributed by atoms with Crippen molar-refractivity contribution in [3.63, 3.8) is 0 Å². The van der Waals surface area contributed by atoms with Crippen LogP contribution in [0.1, 0.15) is 18.4 Å². The second-order valence-electron chi connectivity index (χ2n) is 4.35. The fourth-order valence-corrected chi connectivity index (χ4v) is 1.91. The van der Waals surface area contributed by atoms with Crippen molar-refractivity contribution >= 4 is 0 Å². The van der Waals surface area contributed by atoms with E-state index in [1.807, 2.05) is 0 Å². The number of ether oxygens (including phenoxy) is 1. The molecular weight excluding hydrogens is 243 g/mol. The molecule has 0 radical (unpaired) electrons. The summed E-state index contributed by atoms with van der Waals surface area (Å²) in [6.07, 6.45) is 0.209. The van der Waals surface area contributed by atoms with Gasteiger partial charge in [-0.15, -0.1) is 0 Å². The van der Waals surface area contributed by atoms with Gasteiger partial charge in [-0.25, -0.2) is 13.2 Å². The number of methoxy groups -OCH3 is 1. The van der Waals surface area contributed by atoms with Gasteiger partial charge in [0, 0.05) is 19.1 Å². The highest BCUT2D eigenvalue weighted by molar-refractivity contribution is 5.21. The molecule has 0 fully saturated rings. The number of rotatable bonds is 7. The minimum atomic E-state index is -1.79. The van der Waals surface area contributed by atoms with Crippen molar-refractivity contribution in [2.24, 2.45) is 5.73 Å². The highest BCUT2D eigenvalue weighted by atomic mass is 19.1. The molecule has 0 saturated carbocycles. The first-order valence-corrected chi connectivity index (χ1v) is 5.83. The zero-order valence-corrected chi connectivity index (χ0v) is 10.4. The first-order chi connectivity index (χ1) is 8.52. The highest BCUT2D eigenvalue weighted by Gasteiger charge is 2.31. The van der Waals surface area contributed by atoms with Gasteiger partial charge in [-0.3, -0.25) is 0 Å². The van der Waals surface area contributed by atoms with Gasteiger partial charge in [-0.1, -0.05) is 6.07 Å². The molecule has 0 spiro atoms. The average molecular weight is 261 g/mol. The molecule has 0 aliphatic rings. The molecule has 18 heavy (non-hydrogen) atoms. The number of hydrogen-bond donors (Lipinski definition) is 1. The monoisotopic (exact) mass is 261 g/mol. The first kappa shape index (κ1) is 15.0. The van der Waals surface area contributed by atoms with Crippen LogP contribution < -0.4 is 5.73 Å². The van der Waals surface area contributed by atoms with Gasteiger partial charge in [0.2, 0.25) is 0 Å². The molecule has 1 atom stereocenters. The normalized spacial score (nSPS) is 14.5. The van der Waals surface area contributed by atoms with Crippen molar-refractivity contribution in [2.45, 2.75) is 24.9 Å². The molecule has 1 aromatic rings. The van der Waals surface area contributed by atoms with E-state index >= 15 is 0 Å². The van der Waals surface area contributed by atoms with Crippen LogP contribution in [0.3, 0.4) is 0 Å². The molecule has 0 aromatic heterocycles. The average Bonchev–Trinajstić information content (AvgIpc) is 2.32. The lowest BCUT2D eigenvalue weighted by Gasteiger charge is -2.25. The third-order valence-electron chi connectivity index (χ3n) is 2.79. The van der Waals surface area contributed by atoms with Crippen molar-refractivity contribution < 1.29 is 17.9 Å². The van der Waals surface area contributed by atoms with Gasteiger partial charge in [0.25, 0.3) is 0 Å². The predicted molar refractivity (Wildman–Crippen MR) is 64.1 cm³/mol. The van der Waals surface area contributed by atoms with Crippen LogP contribution >= 0.6 is 0 Å². The largest absolute Gasteiger partial charge is 0.381 e. The summed E-state index contributed by atoms with van der Waals surface area (Å²) in [6.45, 7) is 0.121. The Kier molecular flexibility index (Phi) is 5.62. The second-order valence-corrected chi connectivity index (χ2v) is 4.35. The van der Waals surface area contributed by atoms with E-state index in [0.29, 0.717) is 13.0 Å². The second kappa shape index (κ2) is 6.75. The topological polar surface area (TPSA) is 35.2 Å². The Balaban J connectivity index is 2.88. The summed E-state index contributed by atoms with van der Waals surface area (Å²) in [4.78, 5) is 0. The Morgan fingerprint density at radius 2 is 1.89 bits per heavy atom. The maximum absolute atomic E-state index is 14.5. The van der Waals surface area contributed by atoms with Gasteiger partial charge in [0.15, 0.2) is 0 Å². The molecule has 0 amide bonds. The summed E-state index contributed by atoms with van der Waals surface area (Å²) in [5.74, 6) is -1.47. The fourth-order valence-electron chi connectivity index (χ4n) is 1.91. The summed E-state index contributed by atoms with van der Waals surface area (Å²) in [5.41, 5.74) is 3.29. The fraction of sp³-hybridized carbons (Fsp3) is 0.538. The molecule has 0 saturated heterocycles. The van der Waals surface area contributed by atoms with Gasteiger partial charge in [0.1, 0.15) is 17.3 Å². The molecule has 0 bridgehead atoms. The molecule has 0 aliphatic heterocycles. The molecule has 1 rings (SSSR count). The first-order valence-electron chi connectivity index (χ1n) is 5.83. The summed E-state index contributed by atoms with van der Waals surface area (Å²) in [6, 6.07) is 3.49. The molecule has 1 aromatic carbocycles. The van der Waals surface area contributed by atoms with E-state index < -0.39 is 17.3 Å². The lowest BCUT2D eigenvalue weighted by molar-refractivity contribution is 0.0322. The predicted octanol–water partition coefficient (Wildman–Crippen LogP) is 2.60. The third kappa shape index (κ3) is 3.99. The van der Waals surface area contributed by atoms with Crippen LogP contribution in [-0.4, -0.2) is 25.9 Å². The van der Waals surface area contributed by atoms with Crippen LogP contribution in [0.2, 0.25) is 0 Å². The Hall–Kier alpha value is -1.07. The summed E-state index contributed by atoms with van der Waals surface area (Å²) in [5, 5.41) is 0. The number of nitrogens with two attached hydrogens (primary N) is 1. The number of benzene rings is 1. The van der Waals surface area contributed by atoms with E-state index in [1.54, 1.807) is 0 Å². The Labute approximate surface area is 105 Å². The van der Waals surface area contributed by atoms with Crippen LogP contribution in [0, 0.1) is 11.6 Å². The standard InChI is InChI=1S/C13H18F3NO/c1-18-9-13(16,6-3-7-17)8-10-11(14)4-2-5-12(10)15/h2,4-5H,3,6-9,17H2,1H3. The molecule has 5 heteroatoms. The van der Waals surface area contributed by atoms with Crippen molar-refractivity contribution in [3.05, 3.63) is 35.4 Å². The minimum absolute atomic E-state index is 0.116. The van der Waals surface area contributed by atoms with E-state index in [9.17, 15) is 13.2 Å². The SMILES string of the molecule is COCC(F)(CCCN)Cc1c(F)cccc1F. The molecule has 2 N–H and O–H groups in total. The quantitative estimate of drug-likeness (QED) is 0.818. The van der Waals surface area contributed by atoms with E-state index in [1.165, 1.54) is 13.2 Å². The summed E-state index contributed by atoms with van der Waals surface area (Å²) < 4.78 is 46.2. The maximum Gasteiger partial charge on any atom is 0.138 e. The minimum Gasteiger partial charge on any atom is -0.381 e. The zero-order chi connectivity index (χ0) is 13.6. The van der Waals surface area contributed by atoms with Crippen LogP contribution in [-0.2, 0) is 11.2 Å². The van der Waals surface area contributed by atoms with Gasteiger partial charge >= 0.3 is 0 Å². The van der Waals surface area contributed by atoms with Crippen LogP contribution in [0.4, 0.5) is 13.2 Å². The van der Waals surface area contributed by atoms with Crippen molar-refractivity contribution in [1.29, 1.82) is 0 Å². The number of halogens is 3. The summed E-state index contributed by atoms with van der Waals surface area (Å²) in [7, 11) is 1.36. The molecular formula is C13H18F3NO. The van der Waals surface area contributed by atoms with Gasteiger partial charge in [0.05, 0.1) is 6.61 Å². The van der Waals surface area contributed by atoms with E-state index in [2.05, 4.69) is 0 Å². The lowest BCUT2D eigenvalue weighted by atomic mass is 9.91. The molecule has 1 unspecified atom stereocenters. The summed E-state index contributed by atoms with van der Waals surface area (Å²) >= 11 is 0. The number of hydrogen-bond acceptors (Lipinski definition) is 2. The van der Waals surface area contributed by atoms with Gasteiger partial charge < -0.3 is 10.5 Å². The maximum atomic E-state index is 14.5. The third-order valence-corrected chi connectivity index (χ3v) is 2.79. The van der Waals surface area contributed by atoms with Crippen LogP contribution in [0.5, 0.6) is 0 Å². The smallest absolute Gasteiger partial charge is 0.138 e. The van der Waals surface area contributed by atoms with Crippen molar-refractivity contribution in [2.75, 3.05) is 20.3 Å². The van der Waals surface area contributed by atoms with Crippen LogP contribution in [0.25, 0.3) is 0 Å². The number of alkyl halides is 1. The van der Waals surface area contributed by atoms with Crippen molar-refractivity contribution in [3.8, 4) is 0 Å². The van der Waals surface area contributed by atoms with Gasteiger partial charge in [-0.2, -0.15) is 0 Å². The van der Waals surface area contributed by atoms with Gasteiger partial charge in [-0.05, 0) is 31.5 Å². The van der Waals surface area contributed by atoms with E-state index in [4.69, 9.17) is 10.5 Å². The Morgan fingerprint density at radius 3 is 2.39 bits per heavy atom. The molecule has 0 heterocycles. The van der Waals surface area contributed by atoms with E-state index in [-0.39, 0.29) is 25.0 Å². The highest BCUT2D eigenvalue weighted by Crippen LogP contribution is 2.27. The Bertz CT molecular complexity index is 366. The van der Waals surface area contributed by atoms with Crippen molar-refractivity contribution in [1.82, 2.24) is 0 Å². The van der Waals surface area contributed by atoms with Crippen LogP contribution in [0.15, 0.2) is 18.2 Å². The lowest BCUT2D eigenvalue weighted by Crippen LogP contribution is -2.33. The molecule has 0 aliphatic carbocycles. The molecule has 2 nitrogen and oxygen atoms in total. The molecule has 102 valence electrons. The zero-order valence-electron chi connectivity index (χ0n) is 10.4. The van der Waals surface area contributed by atoms with E-state index in [0.717, 1.165) is 12.1 Å². The Morgan fingerprint density at radius 1 is 1.28 bits per heavy atom.